The van der Waals surface area contributed by atoms with Crippen LogP contribution in [0, 0.1) is 10.1 Å². The number of carbonyl (C=O) groups excluding carboxylic acids is 2. The third-order valence-electron chi connectivity index (χ3n) is 5.13. The largest absolute Gasteiger partial charge is 0.496 e. The highest BCUT2D eigenvalue weighted by molar-refractivity contribution is 5.95. The van der Waals surface area contributed by atoms with Gasteiger partial charge < -0.3 is 19.9 Å². The summed E-state index contributed by atoms with van der Waals surface area (Å²) in [6.45, 7) is 3.77. The van der Waals surface area contributed by atoms with Crippen LogP contribution in [0.2, 0.25) is 0 Å². The minimum atomic E-state index is -0.482. The van der Waals surface area contributed by atoms with E-state index in [0.717, 1.165) is 5.56 Å². The third-order valence-corrected chi connectivity index (χ3v) is 5.13. The minimum absolute atomic E-state index is 0.00813. The van der Waals surface area contributed by atoms with Crippen LogP contribution >= 0.6 is 0 Å². The average Bonchev–Trinajstić information content (AvgIpc) is 2.77. The van der Waals surface area contributed by atoms with Crippen molar-refractivity contribution in [1.29, 1.82) is 0 Å². The van der Waals surface area contributed by atoms with Gasteiger partial charge in [-0.25, -0.2) is 0 Å². The molecule has 1 aliphatic rings. The zero-order chi connectivity index (χ0) is 21.7. The van der Waals surface area contributed by atoms with Crippen molar-refractivity contribution in [3.05, 3.63) is 63.7 Å². The topological polar surface area (TPSA) is 105 Å². The maximum atomic E-state index is 12.6. The number of nitro groups is 1. The first kappa shape index (κ1) is 21.1. The van der Waals surface area contributed by atoms with Gasteiger partial charge in [-0.05, 0) is 18.2 Å². The van der Waals surface area contributed by atoms with Crippen LogP contribution in [0.3, 0.4) is 0 Å². The number of methoxy groups -OCH3 is 1. The van der Waals surface area contributed by atoms with Gasteiger partial charge in [0.2, 0.25) is 5.91 Å². The molecular weight excluding hydrogens is 388 g/mol. The van der Waals surface area contributed by atoms with Crippen LogP contribution in [-0.2, 0) is 11.3 Å². The number of rotatable bonds is 6. The number of benzene rings is 2. The molecule has 0 aromatic heterocycles. The minimum Gasteiger partial charge on any atom is -0.496 e. The number of piperazine rings is 1. The first-order chi connectivity index (χ1) is 14.4. The van der Waals surface area contributed by atoms with E-state index in [1.165, 1.54) is 13.0 Å². The Morgan fingerprint density at radius 2 is 1.83 bits per heavy atom. The summed E-state index contributed by atoms with van der Waals surface area (Å²) in [5.74, 6) is 0.243. The highest BCUT2D eigenvalue weighted by Gasteiger charge is 2.25. The Hall–Kier alpha value is -3.62. The Bertz CT molecular complexity index is 954. The number of nitrogens with one attached hydrogen (secondary N) is 1. The second-order valence-electron chi connectivity index (χ2n) is 6.95. The van der Waals surface area contributed by atoms with E-state index >= 15 is 0 Å². The molecular formula is C21H24N4O5. The van der Waals surface area contributed by atoms with Crippen LogP contribution < -0.4 is 15.0 Å². The molecule has 1 heterocycles. The Kier molecular flexibility index (Phi) is 6.51. The zero-order valence-corrected chi connectivity index (χ0v) is 17.0. The molecule has 158 valence electrons. The molecule has 0 aliphatic carbocycles. The SMILES string of the molecule is COc1ccccc1CNC(=O)c1ccc(N2CCN(C(C)=O)CC2)c([N+](=O)[O-])c1. The molecule has 0 saturated carbocycles. The second-order valence-corrected chi connectivity index (χ2v) is 6.95. The van der Waals surface area contributed by atoms with E-state index < -0.39 is 10.8 Å². The molecule has 2 aromatic carbocycles. The first-order valence-electron chi connectivity index (χ1n) is 9.59. The van der Waals surface area contributed by atoms with Gasteiger partial charge in [-0.1, -0.05) is 18.2 Å². The third kappa shape index (κ3) is 4.68. The van der Waals surface area contributed by atoms with Crippen LogP contribution in [0.4, 0.5) is 11.4 Å². The summed E-state index contributed by atoms with van der Waals surface area (Å²) < 4.78 is 5.27. The average molecular weight is 412 g/mol. The number of nitro benzene ring substituents is 1. The van der Waals surface area contributed by atoms with Crippen molar-refractivity contribution in [2.75, 3.05) is 38.2 Å². The van der Waals surface area contributed by atoms with Gasteiger partial charge in [0.1, 0.15) is 11.4 Å². The van der Waals surface area contributed by atoms with Gasteiger partial charge in [-0.15, -0.1) is 0 Å². The summed E-state index contributed by atoms with van der Waals surface area (Å²) in [6, 6.07) is 11.8. The van der Waals surface area contributed by atoms with Crippen LogP contribution in [0.15, 0.2) is 42.5 Å². The standard InChI is InChI=1S/C21H24N4O5/c1-15(26)23-9-11-24(12-10-23)18-8-7-16(13-19(18)25(28)29)21(27)22-14-17-5-3-4-6-20(17)30-2/h3-8,13H,9-12,14H2,1-2H3,(H,22,27). The number of amides is 2. The molecule has 0 spiro atoms. The highest BCUT2D eigenvalue weighted by Crippen LogP contribution is 2.30. The fraction of sp³-hybridized carbons (Fsp3) is 0.333. The molecule has 2 amide bonds. The normalized spacial score (nSPS) is 13.7. The maximum absolute atomic E-state index is 12.6. The Morgan fingerprint density at radius 1 is 1.13 bits per heavy atom. The van der Waals surface area contributed by atoms with Crippen LogP contribution in [0.1, 0.15) is 22.8 Å². The molecule has 9 nitrogen and oxygen atoms in total. The fourth-order valence-electron chi connectivity index (χ4n) is 3.47. The Labute approximate surface area is 174 Å². The predicted octanol–water partition coefficient (Wildman–Crippen LogP) is 2.20. The molecule has 0 unspecified atom stereocenters. The molecule has 3 rings (SSSR count). The lowest BCUT2D eigenvalue weighted by molar-refractivity contribution is -0.384. The van der Waals surface area contributed by atoms with Gasteiger partial charge in [-0.2, -0.15) is 0 Å². The molecule has 30 heavy (non-hydrogen) atoms. The zero-order valence-electron chi connectivity index (χ0n) is 17.0. The quantitative estimate of drug-likeness (QED) is 0.576. The maximum Gasteiger partial charge on any atom is 0.293 e. The van der Waals surface area contributed by atoms with Crippen molar-refractivity contribution >= 4 is 23.2 Å². The summed E-state index contributed by atoms with van der Waals surface area (Å²) in [4.78, 5) is 38.8. The number of anilines is 1. The van der Waals surface area contributed by atoms with Crippen molar-refractivity contribution in [3.63, 3.8) is 0 Å². The van der Waals surface area contributed by atoms with Crippen LogP contribution in [-0.4, -0.2) is 54.9 Å². The van der Waals surface area contributed by atoms with Gasteiger partial charge in [0.25, 0.3) is 11.6 Å². The van der Waals surface area contributed by atoms with Crippen LogP contribution in [0.25, 0.3) is 0 Å². The summed E-state index contributed by atoms with van der Waals surface area (Å²) in [7, 11) is 1.55. The summed E-state index contributed by atoms with van der Waals surface area (Å²) in [6.07, 6.45) is 0. The first-order valence-corrected chi connectivity index (χ1v) is 9.59. The second kappa shape index (κ2) is 9.25. The summed E-state index contributed by atoms with van der Waals surface area (Å²) >= 11 is 0. The number of carbonyl (C=O) groups is 2. The molecule has 0 radical (unpaired) electrons. The van der Waals surface area contributed by atoms with Gasteiger partial charge in [0, 0.05) is 56.8 Å². The predicted molar refractivity (Wildman–Crippen MR) is 112 cm³/mol. The molecule has 1 N–H and O–H groups in total. The van der Waals surface area contributed by atoms with E-state index in [2.05, 4.69) is 5.32 Å². The molecule has 1 saturated heterocycles. The fourth-order valence-corrected chi connectivity index (χ4v) is 3.47. The summed E-state index contributed by atoms with van der Waals surface area (Å²) in [5.41, 5.74) is 1.34. The van der Waals surface area contributed by atoms with Crippen LogP contribution in [0.5, 0.6) is 5.75 Å². The number of hydrogen-bond acceptors (Lipinski definition) is 6. The molecule has 1 aliphatic heterocycles. The van der Waals surface area contributed by atoms with E-state index in [0.29, 0.717) is 37.6 Å². The monoisotopic (exact) mass is 412 g/mol. The lowest BCUT2D eigenvalue weighted by Gasteiger charge is -2.35. The lowest BCUT2D eigenvalue weighted by Crippen LogP contribution is -2.48. The van der Waals surface area contributed by atoms with Crippen molar-refractivity contribution in [3.8, 4) is 5.75 Å². The van der Waals surface area contributed by atoms with E-state index in [-0.39, 0.29) is 23.7 Å². The lowest BCUT2D eigenvalue weighted by atomic mass is 10.1. The smallest absolute Gasteiger partial charge is 0.293 e. The number of ether oxygens (including phenoxy) is 1. The molecule has 0 bridgehead atoms. The van der Waals surface area contributed by atoms with E-state index in [1.807, 2.05) is 23.1 Å². The van der Waals surface area contributed by atoms with Gasteiger partial charge in [0.05, 0.1) is 12.0 Å². The highest BCUT2D eigenvalue weighted by atomic mass is 16.6. The molecule has 2 aromatic rings. The van der Waals surface area contributed by atoms with Gasteiger partial charge in [0.15, 0.2) is 0 Å². The van der Waals surface area contributed by atoms with E-state index in [4.69, 9.17) is 4.74 Å². The summed E-state index contributed by atoms with van der Waals surface area (Å²) in [5, 5.41) is 14.4. The number of para-hydroxylation sites is 1. The van der Waals surface area contributed by atoms with Gasteiger partial charge in [-0.3, -0.25) is 19.7 Å². The molecule has 0 atom stereocenters. The van der Waals surface area contributed by atoms with Crippen molar-refractivity contribution in [2.24, 2.45) is 0 Å². The number of nitrogens with zero attached hydrogens (tertiary/aromatic N) is 3. The molecule has 1 fully saturated rings. The van der Waals surface area contributed by atoms with Gasteiger partial charge >= 0.3 is 0 Å². The Balaban J connectivity index is 1.74. The Morgan fingerprint density at radius 3 is 2.47 bits per heavy atom. The van der Waals surface area contributed by atoms with Crippen molar-refractivity contribution in [1.82, 2.24) is 10.2 Å². The van der Waals surface area contributed by atoms with Crippen molar-refractivity contribution in [2.45, 2.75) is 13.5 Å². The van der Waals surface area contributed by atoms with E-state index in [1.54, 1.807) is 30.2 Å². The van der Waals surface area contributed by atoms with Crippen molar-refractivity contribution < 1.29 is 19.2 Å². The molecule has 9 heteroatoms. The van der Waals surface area contributed by atoms with E-state index in [9.17, 15) is 19.7 Å². The number of hydrogen-bond donors (Lipinski definition) is 1.